The number of hydrogen-bond acceptors (Lipinski definition) is 0. The molecule has 0 heterocycles. The lowest BCUT2D eigenvalue weighted by molar-refractivity contribution is 0.728. The van der Waals surface area contributed by atoms with Crippen LogP contribution in [0.15, 0.2) is 89.8 Å². The van der Waals surface area contributed by atoms with Crippen molar-refractivity contribution in [2.24, 2.45) is 5.92 Å². The van der Waals surface area contributed by atoms with Gasteiger partial charge in [0.15, 0.2) is 0 Å². The first-order valence-electron chi connectivity index (χ1n) is 9.56. The van der Waals surface area contributed by atoms with Gasteiger partial charge in [0.25, 0.3) is 0 Å². The molecule has 0 radical (unpaired) electrons. The molecule has 0 spiro atoms. The van der Waals surface area contributed by atoms with Gasteiger partial charge in [0.2, 0.25) is 0 Å². The van der Waals surface area contributed by atoms with E-state index in [2.05, 4.69) is 97.4 Å². The number of benzene rings is 3. The van der Waals surface area contributed by atoms with Gasteiger partial charge in [-0.05, 0) is 64.5 Å². The minimum Gasteiger partial charge on any atom is -0.217 e. The summed E-state index contributed by atoms with van der Waals surface area (Å²) in [6, 6.07) is 31.0. The summed E-state index contributed by atoms with van der Waals surface area (Å²) in [5.41, 5.74) is 4.09. The first-order valence-corrected chi connectivity index (χ1v) is 12.1. The molecule has 2 atom stereocenters. The monoisotopic (exact) mass is 360 g/mol. The fourth-order valence-electron chi connectivity index (χ4n) is 4.04. The molecule has 1 fully saturated rings. The van der Waals surface area contributed by atoms with Crippen LogP contribution in [0.4, 0.5) is 0 Å². The summed E-state index contributed by atoms with van der Waals surface area (Å²) >= 11 is 0. The summed E-state index contributed by atoms with van der Waals surface area (Å²) < 4.78 is 0. The van der Waals surface area contributed by atoms with Gasteiger partial charge in [-0.1, -0.05) is 84.9 Å². The van der Waals surface area contributed by atoms with Gasteiger partial charge in [-0.2, -0.15) is 0 Å². The van der Waals surface area contributed by atoms with Crippen LogP contribution in [0.25, 0.3) is 11.1 Å². The Bertz CT molecular complexity index is 834. The molecule has 0 unspecified atom stereocenters. The lowest BCUT2D eigenvalue weighted by Crippen LogP contribution is -2.05. The summed E-state index contributed by atoms with van der Waals surface area (Å²) in [5.74, 6) is 0.911. The molecule has 1 aliphatic rings. The highest BCUT2D eigenvalue weighted by molar-refractivity contribution is 8.33. The van der Waals surface area contributed by atoms with Crippen molar-refractivity contribution in [3.8, 4) is 11.1 Å². The van der Waals surface area contributed by atoms with E-state index in [1.807, 2.05) is 0 Å². The van der Waals surface area contributed by atoms with Gasteiger partial charge in [0.05, 0.1) is 0 Å². The molecule has 0 nitrogen and oxygen atoms in total. The zero-order valence-electron chi connectivity index (χ0n) is 15.8. The molecule has 4 rings (SSSR count). The highest BCUT2D eigenvalue weighted by Crippen LogP contribution is 2.65. The third-order valence-corrected chi connectivity index (χ3v) is 9.41. The topological polar surface area (TPSA) is 0 Å². The van der Waals surface area contributed by atoms with Crippen molar-refractivity contribution in [3.05, 3.63) is 90.5 Å². The molecule has 134 valence electrons. The van der Waals surface area contributed by atoms with E-state index in [9.17, 15) is 0 Å². The van der Waals surface area contributed by atoms with Crippen LogP contribution in [0.1, 0.15) is 18.4 Å². The smallest absolute Gasteiger partial charge is 0.00466 e. The van der Waals surface area contributed by atoms with E-state index in [0.717, 1.165) is 11.2 Å². The Morgan fingerprint density at radius 3 is 1.96 bits per heavy atom. The van der Waals surface area contributed by atoms with Gasteiger partial charge in [-0.15, -0.1) is 0 Å². The van der Waals surface area contributed by atoms with E-state index in [1.165, 1.54) is 36.0 Å². The van der Waals surface area contributed by atoms with Gasteiger partial charge in [0.1, 0.15) is 0 Å². The second-order valence-corrected chi connectivity index (χ2v) is 11.7. The Morgan fingerprint density at radius 1 is 0.731 bits per heavy atom. The molecule has 1 aliphatic carbocycles. The third kappa shape index (κ3) is 3.73. The summed E-state index contributed by atoms with van der Waals surface area (Å²) in [6.45, 7) is 0. The van der Waals surface area contributed by atoms with Crippen LogP contribution in [0.3, 0.4) is 0 Å². The molecule has 3 aromatic carbocycles. The average Bonchev–Trinajstić information content (AvgIpc) is 3.49. The Balaban J connectivity index is 1.34. The molecule has 0 N–H and O–H groups in total. The molecule has 0 bridgehead atoms. The van der Waals surface area contributed by atoms with Crippen molar-refractivity contribution in [1.82, 2.24) is 0 Å². The number of aryl methyl sites for hydroxylation is 1. The lowest BCUT2D eigenvalue weighted by Gasteiger charge is -2.32. The second kappa shape index (κ2) is 7.32. The van der Waals surface area contributed by atoms with Crippen LogP contribution in [0.2, 0.25) is 0 Å². The van der Waals surface area contributed by atoms with Gasteiger partial charge in [0, 0.05) is 0 Å². The van der Waals surface area contributed by atoms with E-state index < -0.39 is 10.0 Å². The van der Waals surface area contributed by atoms with Gasteiger partial charge >= 0.3 is 0 Å². The third-order valence-electron chi connectivity index (χ3n) is 5.83. The Morgan fingerprint density at radius 2 is 1.31 bits per heavy atom. The van der Waals surface area contributed by atoms with Crippen molar-refractivity contribution in [2.45, 2.75) is 29.4 Å². The van der Waals surface area contributed by atoms with Crippen LogP contribution < -0.4 is 0 Å². The zero-order valence-corrected chi connectivity index (χ0v) is 16.6. The van der Waals surface area contributed by atoms with Crippen molar-refractivity contribution in [3.63, 3.8) is 0 Å². The van der Waals surface area contributed by atoms with Crippen LogP contribution in [0, 0.1) is 5.92 Å². The van der Waals surface area contributed by atoms with E-state index in [4.69, 9.17) is 0 Å². The van der Waals surface area contributed by atoms with Crippen molar-refractivity contribution in [2.75, 3.05) is 12.5 Å². The summed E-state index contributed by atoms with van der Waals surface area (Å²) in [5, 5.41) is 0.911. The molecular formula is C25H28S. The minimum absolute atomic E-state index is 0.662. The Hall–Kier alpha value is -1.99. The van der Waals surface area contributed by atoms with Gasteiger partial charge < -0.3 is 0 Å². The molecule has 3 aromatic rings. The summed E-state index contributed by atoms with van der Waals surface area (Å²) in [4.78, 5) is 1.57. The quantitative estimate of drug-likeness (QED) is 0.453. The summed E-state index contributed by atoms with van der Waals surface area (Å²) in [7, 11) is -0.662. The van der Waals surface area contributed by atoms with Crippen LogP contribution in [-0.4, -0.2) is 17.8 Å². The normalized spacial score (nSPS) is 19.9. The maximum absolute atomic E-state index is 2.50. The second-order valence-electron chi connectivity index (χ2n) is 7.85. The maximum atomic E-state index is 2.50. The van der Waals surface area contributed by atoms with Gasteiger partial charge in [-0.3, -0.25) is 0 Å². The predicted molar refractivity (Wildman–Crippen MR) is 116 cm³/mol. The van der Waals surface area contributed by atoms with Crippen LogP contribution in [0.5, 0.6) is 0 Å². The van der Waals surface area contributed by atoms with Crippen LogP contribution >= 0.6 is 10.0 Å². The molecule has 0 aromatic heterocycles. The summed E-state index contributed by atoms with van der Waals surface area (Å²) in [6.07, 6.45) is 8.96. The molecule has 0 amide bonds. The SMILES string of the molecule is CS(C)(c1ccccc1)[C@H]1C[C@@H]1CCc1ccc(-c2ccccc2)cc1. The first kappa shape index (κ1) is 17.4. The van der Waals surface area contributed by atoms with E-state index in [1.54, 1.807) is 4.90 Å². The predicted octanol–water partition coefficient (Wildman–Crippen LogP) is 6.80. The Kier molecular flexibility index (Phi) is 4.91. The lowest BCUT2D eigenvalue weighted by atomic mass is 10.0. The van der Waals surface area contributed by atoms with Crippen molar-refractivity contribution in [1.29, 1.82) is 0 Å². The molecule has 1 heteroatoms. The number of hydrogen-bond donors (Lipinski definition) is 0. The zero-order chi connectivity index (χ0) is 18.0. The average molecular weight is 361 g/mol. The molecule has 26 heavy (non-hydrogen) atoms. The fraction of sp³-hybridized carbons (Fsp3) is 0.280. The highest BCUT2D eigenvalue weighted by atomic mass is 32.3. The fourth-order valence-corrected chi connectivity index (χ4v) is 7.07. The number of rotatable bonds is 6. The first-order chi connectivity index (χ1) is 12.6. The molecule has 1 saturated carbocycles. The van der Waals surface area contributed by atoms with E-state index in [-0.39, 0.29) is 0 Å². The molecule has 0 aliphatic heterocycles. The Labute approximate surface area is 159 Å². The maximum Gasteiger partial charge on any atom is -0.00466 e. The van der Waals surface area contributed by atoms with E-state index >= 15 is 0 Å². The van der Waals surface area contributed by atoms with E-state index in [0.29, 0.717) is 0 Å². The molecular weight excluding hydrogens is 332 g/mol. The minimum atomic E-state index is -0.662. The highest BCUT2D eigenvalue weighted by Gasteiger charge is 2.44. The largest absolute Gasteiger partial charge is 0.217 e. The van der Waals surface area contributed by atoms with Gasteiger partial charge in [-0.25, -0.2) is 10.0 Å². The standard InChI is InChI=1S/C25H28S/c1-26(2,24-11-7-4-8-12-24)25-19-23(25)18-15-20-13-16-22(17-14-20)21-9-5-3-6-10-21/h3-14,16-17,23,25H,15,18-19H2,1-2H3/t23-,25-/m0/s1. The van der Waals surface area contributed by atoms with Crippen LogP contribution in [-0.2, 0) is 6.42 Å². The molecule has 0 saturated heterocycles. The van der Waals surface area contributed by atoms with Crippen molar-refractivity contribution >= 4 is 10.0 Å². The van der Waals surface area contributed by atoms with Crippen molar-refractivity contribution < 1.29 is 0 Å².